The molecule has 1 unspecified atom stereocenters. The first-order valence-electron chi connectivity index (χ1n) is 8.16. The monoisotopic (exact) mass is 322 g/mol. The average molecular weight is 322 g/mol. The van der Waals surface area contributed by atoms with Crippen LogP contribution in [0.1, 0.15) is 54.9 Å². The van der Waals surface area contributed by atoms with Gasteiger partial charge >= 0.3 is 0 Å². The lowest BCUT2D eigenvalue weighted by molar-refractivity contribution is -0.127. The minimum Gasteiger partial charge on any atom is -0.344 e. The molecule has 0 aromatic carbocycles. The van der Waals surface area contributed by atoms with E-state index in [1.165, 1.54) is 0 Å². The van der Waals surface area contributed by atoms with Crippen LogP contribution in [0.3, 0.4) is 0 Å². The molecule has 0 saturated carbocycles. The molecule has 2 N–H and O–H groups in total. The van der Waals surface area contributed by atoms with Gasteiger partial charge in [-0.15, -0.1) is 0 Å². The summed E-state index contributed by atoms with van der Waals surface area (Å²) < 4.78 is 1.80. The van der Waals surface area contributed by atoms with E-state index in [1.807, 2.05) is 48.5 Å². The summed E-state index contributed by atoms with van der Waals surface area (Å²) in [7, 11) is 0. The second kappa shape index (κ2) is 7.62. The van der Waals surface area contributed by atoms with Crippen molar-refractivity contribution in [3.63, 3.8) is 0 Å². The van der Waals surface area contributed by atoms with Crippen LogP contribution in [0, 0.1) is 11.8 Å². The van der Waals surface area contributed by atoms with Gasteiger partial charge in [-0.05, 0) is 32.6 Å². The molecule has 0 bridgehead atoms. The van der Waals surface area contributed by atoms with Crippen LogP contribution in [-0.4, -0.2) is 27.6 Å². The van der Waals surface area contributed by atoms with Crippen molar-refractivity contribution in [3.8, 4) is 0 Å². The van der Waals surface area contributed by atoms with E-state index in [0.717, 1.165) is 0 Å². The van der Waals surface area contributed by atoms with Gasteiger partial charge < -0.3 is 10.6 Å². The summed E-state index contributed by atoms with van der Waals surface area (Å²) in [5.41, 5.74) is 0.486. The van der Waals surface area contributed by atoms with Gasteiger partial charge in [0.25, 0.3) is 0 Å². The summed E-state index contributed by atoms with van der Waals surface area (Å²) in [5.74, 6) is -0.0514. The summed E-state index contributed by atoms with van der Waals surface area (Å²) in [6.07, 6.45) is 3.83. The summed E-state index contributed by atoms with van der Waals surface area (Å²) >= 11 is 0. The smallest absolute Gasteiger partial charge is 0.247 e. The predicted molar refractivity (Wildman–Crippen MR) is 92.1 cm³/mol. The van der Waals surface area contributed by atoms with Gasteiger partial charge in [0.05, 0.1) is 17.4 Å². The molecule has 6 nitrogen and oxygen atoms in total. The van der Waals surface area contributed by atoms with Crippen LogP contribution < -0.4 is 10.6 Å². The number of nitrogens with one attached hydrogen (secondary N) is 2. The van der Waals surface area contributed by atoms with Crippen molar-refractivity contribution in [2.24, 2.45) is 11.8 Å². The maximum absolute atomic E-state index is 12.5. The third-order valence-electron chi connectivity index (χ3n) is 3.40. The Labute approximate surface area is 139 Å². The van der Waals surface area contributed by atoms with E-state index in [1.54, 1.807) is 17.1 Å². The molecule has 0 aliphatic rings. The van der Waals surface area contributed by atoms with Gasteiger partial charge in [0.2, 0.25) is 11.8 Å². The minimum absolute atomic E-state index is 0.00349. The van der Waals surface area contributed by atoms with Crippen molar-refractivity contribution in [1.29, 1.82) is 0 Å². The first-order chi connectivity index (χ1) is 10.5. The Bertz CT molecular complexity index is 541. The zero-order chi connectivity index (χ0) is 17.8. The van der Waals surface area contributed by atoms with E-state index in [4.69, 9.17) is 0 Å². The van der Waals surface area contributed by atoms with Crippen LogP contribution >= 0.6 is 0 Å². The van der Waals surface area contributed by atoms with Crippen LogP contribution in [0.5, 0.6) is 0 Å². The van der Waals surface area contributed by atoms with Crippen LogP contribution in [0.25, 0.3) is 0 Å². The highest BCUT2D eigenvalue weighted by Crippen LogP contribution is 2.16. The van der Waals surface area contributed by atoms with Crippen LogP contribution in [0.2, 0.25) is 0 Å². The topological polar surface area (TPSA) is 76.0 Å². The van der Waals surface area contributed by atoms with Crippen molar-refractivity contribution >= 4 is 17.5 Å². The lowest BCUT2D eigenvalue weighted by Gasteiger charge is -2.22. The molecule has 0 radical (unpaired) electrons. The first kappa shape index (κ1) is 19.2. The number of amides is 2. The molecule has 6 heteroatoms. The van der Waals surface area contributed by atoms with Crippen molar-refractivity contribution in [2.75, 3.05) is 5.32 Å². The van der Waals surface area contributed by atoms with Gasteiger partial charge in [-0.3, -0.25) is 14.3 Å². The van der Waals surface area contributed by atoms with Crippen LogP contribution in [-0.2, 0) is 15.1 Å². The van der Waals surface area contributed by atoms with E-state index < -0.39 is 6.04 Å². The lowest BCUT2D eigenvalue weighted by atomic mass is 10.0. The highest BCUT2D eigenvalue weighted by molar-refractivity contribution is 5.97. The Balaban J connectivity index is 2.75. The number of hydrogen-bond acceptors (Lipinski definition) is 3. The van der Waals surface area contributed by atoms with Gasteiger partial charge in [-0.2, -0.15) is 5.10 Å². The molecule has 1 heterocycles. The Hall–Kier alpha value is -1.85. The zero-order valence-corrected chi connectivity index (χ0v) is 15.3. The fourth-order valence-electron chi connectivity index (χ4n) is 2.11. The number of anilines is 1. The predicted octanol–water partition coefficient (Wildman–Crippen LogP) is 2.76. The van der Waals surface area contributed by atoms with E-state index in [9.17, 15) is 9.59 Å². The fourth-order valence-corrected chi connectivity index (χ4v) is 2.11. The molecule has 1 rings (SSSR count). The fraction of sp³-hybridized carbons (Fsp3) is 0.706. The maximum Gasteiger partial charge on any atom is 0.247 e. The van der Waals surface area contributed by atoms with Gasteiger partial charge in [0.1, 0.15) is 6.04 Å². The minimum atomic E-state index is -0.556. The molecule has 0 saturated heterocycles. The van der Waals surface area contributed by atoms with Gasteiger partial charge in [0, 0.05) is 12.6 Å². The molecule has 130 valence electrons. The van der Waals surface area contributed by atoms with E-state index >= 15 is 0 Å². The van der Waals surface area contributed by atoms with Crippen molar-refractivity contribution in [3.05, 3.63) is 12.4 Å². The molecule has 1 aromatic heterocycles. The Morgan fingerprint density at radius 2 is 1.83 bits per heavy atom. The van der Waals surface area contributed by atoms with Crippen LogP contribution in [0.4, 0.5) is 5.69 Å². The summed E-state index contributed by atoms with van der Waals surface area (Å²) in [6.45, 7) is 13.9. The second-order valence-electron chi connectivity index (χ2n) is 7.72. The number of carbonyl (C=O) groups is 2. The quantitative estimate of drug-likeness (QED) is 0.845. The van der Waals surface area contributed by atoms with E-state index in [2.05, 4.69) is 15.7 Å². The first-order valence-corrected chi connectivity index (χ1v) is 8.16. The maximum atomic E-state index is 12.5. The van der Waals surface area contributed by atoms with Crippen molar-refractivity contribution < 1.29 is 9.59 Å². The average Bonchev–Trinajstić information content (AvgIpc) is 2.82. The highest BCUT2D eigenvalue weighted by atomic mass is 16.2. The molecular formula is C17H30N4O2. The molecule has 23 heavy (non-hydrogen) atoms. The van der Waals surface area contributed by atoms with Crippen molar-refractivity contribution in [2.45, 2.75) is 66.5 Å². The number of nitrogens with zero attached hydrogens (tertiary/aromatic N) is 2. The van der Waals surface area contributed by atoms with Gasteiger partial charge in [0.15, 0.2) is 0 Å². The zero-order valence-electron chi connectivity index (χ0n) is 15.3. The Morgan fingerprint density at radius 1 is 1.22 bits per heavy atom. The summed E-state index contributed by atoms with van der Waals surface area (Å²) in [5, 5.41) is 9.92. The SMILES string of the molecule is CC(C)CC(=O)NC(C(=O)Nc1cnn(C(C)(C)C)c1)C(C)C. The molecule has 0 aliphatic carbocycles. The van der Waals surface area contributed by atoms with Crippen LogP contribution in [0.15, 0.2) is 12.4 Å². The molecule has 0 fully saturated rings. The van der Waals surface area contributed by atoms with Gasteiger partial charge in [-0.1, -0.05) is 27.7 Å². The third kappa shape index (κ3) is 6.04. The third-order valence-corrected chi connectivity index (χ3v) is 3.40. The molecule has 2 amide bonds. The molecule has 0 spiro atoms. The Morgan fingerprint density at radius 3 is 2.26 bits per heavy atom. The molecule has 1 atom stereocenters. The lowest BCUT2D eigenvalue weighted by Crippen LogP contribution is -2.47. The number of aromatic nitrogens is 2. The summed E-state index contributed by atoms with van der Waals surface area (Å²) in [6, 6.07) is -0.556. The largest absolute Gasteiger partial charge is 0.344 e. The normalized spacial score (nSPS) is 13.3. The molecule has 0 aliphatic heterocycles. The van der Waals surface area contributed by atoms with Crippen molar-refractivity contribution in [1.82, 2.24) is 15.1 Å². The van der Waals surface area contributed by atoms with E-state index in [0.29, 0.717) is 12.1 Å². The molecule has 1 aromatic rings. The summed E-state index contributed by atoms with van der Waals surface area (Å²) in [4.78, 5) is 24.4. The number of hydrogen-bond donors (Lipinski definition) is 2. The number of rotatable bonds is 6. The Kier molecular flexibility index (Phi) is 6.36. The second-order valence-corrected chi connectivity index (χ2v) is 7.72. The van der Waals surface area contributed by atoms with Gasteiger partial charge in [-0.25, -0.2) is 0 Å². The standard InChI is InChI=1S/C17H30N4O2/c1-11(2)8-14(22)20-15(12(3)4)16(23)19-13-9-18-21(10-13)17(5,6)7/h9-12,15H,8H2,1-7H3,(H,19,23)(H,20,22). The number of carbonyl (C=O) groups excluding carboxylic acids is 2. The molecular weight excluding hydrogens is 292 g/mol. The highest BCUT2D eigenvalue weighted by Gasteiger charge is 2.25. The van der Waals surface area contributed by atoms with E-state index in [-0.39, 0.29) is 29.2 Å².